The Kier molecular flexibility index (Phi) is 4.67. The van der Waals surface area contributed by atoms with Gasteiger partial charge in [-0.2, -0.15) is 0 Å². The molecule has 1 aliphatic rings. The molecule has 0 bridgehead atoms. The molecule has 0 aliphatic heterocycles. The molecule has 0 atom stereocenters. The highest BCUT2D eigenvalue weighted by atomic mass is 35.5. The van der Waals surface area contributed by atoms with Crippen molar-refractivity contribution >= 4 is 21.6 Å². The van der Waals surface area contributed by atoms with Crippen molar-refractivity contribution in [2.45, 2.75) is 26.2 Å². The van der Waals surface area contributed by atoms with E-state index in [9.17, 15) is 8.42 Å². The van der Waals surface area contributed by atoms with Gasteiger partial charge < -0.3 is 0 Å². The zero-order valence-corrected chi connectivity index (χ0v) is 10.1. The Hall–Kier alpha value is 0.200. The van der Waals surface area contributed by atoms with Crippen molar-refractivity contribution < 1.29 is 8.42 Å². The third-order valence-electron chi connectivity index (χ3n) is 2.44. The molecule has 0 aromatic heterocycles. The highest BCUT2D eigenvalue weighted by molar-refractivity contribution is 7.89. The Morgan fingerprint density at radius 1 is 1.43 bits per heavy atom. The highest BCUT2D eigenvalue weighted by Gasteiger charge is 2.29. The average Bonchev–Trinajstić information content (AvgIpc) is 2.94. The van der Waals surface area contributed by atoms with Gasteiger partial charge in [-0.15, -0.1) is 11.6 Å². The summed E-state index contributed by atoms with van der Waals surface area (Å²) < 4.78 is 25.1. The van der Waals surface area contributed by atoms with Gasteiger partial charge >= 0.3 is 0 Å². The summed E-state index contributed by atoms with van der Waals surface area (Å²) in [5.41, 5.74) is 0. The standard InChI is InChI=1S/C9H18ClNO2S/c1-2-11(8-9-4-5-9)14(12,13)7-3-6-10/h9H,2-8H2,1H3. The van der Waals surface area contributed by atoms with E-state index >= 15 is 0 Å². The monoisotopic (exact) mass is 239 g/mol. The quantitative estimate of drug-likeness (QED) is 0.634. The first-order valence-corrected chi connectivity index (χ1v) is 7.28. The van der Waals surface area contributed by atoms with Gasteiger partial charge in [-0.3, -0.25) is 0 Å². The molecule has 84 valence electrons. The first-order chi connectivity index (χ1) is 6.60. The summed E-state index contributed by atoms with van der Waals surface area (Å²) in [5.74, 6) is 1.22. The van der Waals surface area contributed by atoms with Crippen molar-refractivity contribution in [3.05, 3.63) is 0 Å². The predicted molar refractivity (Wildman–Crippen MR) is 59.1 cm³/mol. The fourth-order valence-corrected chi connectivity index (χ4v) is 3.28. The molecule has 0 saturated heterocycles. The molecule has 3 nitrogen and oxygen atoms in total. The van der Waals surface area contributed by atoms with E-state index in [2.05, 4.69) is 0 Å². The molecule has 1 aliphatic carbocycles. The Morgan fingerprint density at radius 2 is 2.07 bits per heavy atom. The summed E-state index contributed by atoms with van der Waals surface area (Å²) in [7, 11) is -3.04. The van der Waals surface area contributed by atoms with E-state index in [1.807, 2.05) is 6.92 Å². The van der Waals surface area contributed by atoms with Gasteiger partial charge in [0.1, 0.15) is 0 Å². The van der Waals surface area contributed by atoms with Crippen LogP contribution in [0, 0.1) is 5.92 Å². The zero-order chi connectivity index (χ0) is 10.6. The number of halogens is 1. The number of alkyl halides is 1. The number of nitrogens with zero attached hydrogens (tertiary/aromatic N) is 1. The number of rotatable bonds is 7. The van der Waals surface area contributed by atoms with Crippen LogP contribution < -0.4 is 0 Å². The lowest BCUT2D eigenvalue weighted by Crippen LogP contribution is -2.34. The minimum absolute atomic E-state index is 0.192. The lowest BCUT2D eigenvalue weighted by molar-refractivity contribution is 0.411. The van der Waals surface area contributed by atoms with Gasteiger partial charge in [0.25, 0.3) is 0 Å². The van der Waals surface area contributed by atoms with E-state index in [4.69, 9.17) is 11.6 Å². The minimum Gasteiger partial charge on any atom is -0.212 e. The van der Waals surface area contributed by atoms with Crippen LogP contribution in [0.2, 0.25) is 0 Å². The fourth-order valence-electron chi connectivity index (χ4n) is 1.39. The number of sulfonamides is 1. The maximum atomic E-state index is 11.8. The van der Waals surface area contributed by atoms with Crippen LogP contribution >= 0.6 is 11.6 Å². The van der Waals surface area contributed by atoms with Gasteiger partial charge in [0, 0.05) is 19.0 Å². The van der Waals surface area contributed by atoms with Crippen molar-refractivity contribution in [3.63, 3.8) is 0 Å². The molecule has 0 aromatic rings. The van der Waals surface area contributed by atoms with Crippen LogP contribution in [-0.2, 0) is 10.0 Å². The molecule has 1 fully saturated rings. The third kappa shape index (κ3) is 3.75. The van der Waals surface area contributed by atoms with Crippen LogP contribution in [0.15, 0.2) is 0 Å². The molecule has 0 N–H and O–H groups in total. The molecule has 0 aromatic carbocycles. The summed E-state index contributed by atoms with van der Waals surface area (Å²) in [5, 5.41) is 0. The van der Waals surface area contributed by atoms with Gasteiger partial charge in [-0.05, 0) is 25.2 Å². The molecule has 1 rings (SSSR count). The topological polar surface area (TPSA) is 37.4 Å². The summed E-state index contributed by atoms with van der Waals surface area (Å²) in [6.45, 7) is 3.18. The van der Waals surface area contributed by atoms with Gasteiger partial charge in [-0.1, -0.05) is 6.92 Å². The first kappa shape index (κ1) is 12.3. The molecule has 5 heteroatoms. The molecule has 0 heterocycles. The third-order valence-corrected chi connectivity index (χ3v) is 4.71. The van der Waals surface area contributed by atoms with E-state index < -0.39 is 10.0 Å². The summed E-state index contributed by atoms with van der Waals surface area (Å²) in [4.78, 5) is 0. The minimum atomic E-state index is -3.04. The van der Waals surface area contributed by atoms with Crippen LogP contribution in [0.3, 0.4) is 0 Å². The first-order valence-electron chi connectivity index (χ1n) is 5.14. The molecule has 0 radical (unpaired) electrons. The smallest absolute Gasteiger partial charge is 0.212 e. The Balaban J connectivity index is 2.47. The van der Waals surface area contributed by atoms with Gasteiger partial charge in [-0.25, -0.2) is 12.7 Å². The van der Waals surface area contributed by atoms with Crippen molar-refractivity contribution in [3.8, 4) is 0 Å². The number of hydrogen-bond donors (Lipinski definition) is 0. The Morgan fingerprint density at radius 3 is 2.50 bits per heavy atom. The van der Waals surface area contributed by atoms with Crippen LogP contribution in [0.1, 0.15) is 26.2 Å². The maximum absolute atomic E-state index is 11.8. The largest absolute Gasteiger partial charge is 0.214 e. The van der Waals surface area contributed by atoms with Crippen LogP contribution in [0.25, 0.3) is 0 Å². The average molecular weight is 240 g/mol. The van der Waals surface area contributed by atoms with Crippen LogP contribution in [0.4, 0.5) is 0 Å². The molecule has 14 heavy (non-hydrogen) atoms. The normalized spacial score (nSPS) is 17.6. The summed E-state index contributed by atoms with van der Waals surface area (Å²) in [6, 6.07) is 0. The Bertz CT molecular complexity index is 262. The van der Waals surface area contributed by atoms with Gasteiger partial charge in [0.05, 0.1) is 5.75 Å². The van der Waals surface area contributed by atoms with E-state index in [0.717, 1.165) is 0 Å². The van der Waals surface area contributed by atoms with E-state index in [1.54, 1.807) is 4.31 Å². The van der Waals surface area contributed by atoms with Crippen molar-refractivity contribution in [2.24, 2.45) is 5.92 Å². The van der Waals surface area contributed by atoms with Crippen molar-refractivity contribution in [1.29, 1.82) is 0 Å². The van der Waals surface area contributed by atoms with E-state index in [1.165, 1.54) is 12.8 Å². The van der Waals surface area contributed by atoms with E-state index in [0.29, 0.717) is 31.3 Å². The van der Waals surface area contributed by atoms with Crippen LogP contribution in [0.5, 0.6) is 0 Å². The van der Waals surface area contributed by atoms with Crippen molar-refractivity contribution in [1.82, 2.24) is 4.31 Å². The highest BCUT2D eigenvalue weighted by Crippen LogP contribution is 2.30. The van der Waals surface area contributed by atoms with Crippen LogP contribution in [-0.4, -0.2) is 37.4 Å². The second-order valence-electron chi connectivity index (χ2n) is 3.75. The van der Waals surface area contributed by atoms with E-state index in [-0.39, 0.29) is 5.75 Å². The van der Waals surface area contributed by atoms with Gasteiger partial charge in [0.15, 0.2) is 0 Å². The lowest BCUT2D eigenvalue weighted by Gasteiger charge is -2.19. The molecule has 0 spiro atoms. The SMILES string of the molecule is CCN(CC1CC1)S(=O)(=O)CCCCl. The Labute approximate surface area is 91.5 Å². The predicted octanol–water partition coefficient (Wildman–Crippen LogP) is 1.68. The molecular weight excluding hydrogens is 222 g/mol. The summed E-state index contributed by atoms with van der Waals surface area (Å²) in [6.07, 6.45) is 2.91. The second kappa shape index (κ2) is 5.33. The second-order valence-corrected chi connectivity index (χ2v) is 6.22. The number of hydrogen-bond acceptors (Lipinski definition) is 2. The molecular formula is C9H18ClNO2S. The maximum Gasteiger partial charge on any atom is 0.214 e. The zero-order valence-electron chi connectivity index (χ0n) is 8.58. The molecule has 0 unspecified atom stereocenters. The molecule has 1 saturated carbocycles. The lowest BCUT2D eigenvalue weighted by atomic mass is 10.4. The van der Waals surface area contributed by atoms with Gasteiger partial charge in [0.2, 0.25) is 10.0 Å². The fraction of sp³-hybridized carbons (Fsp3) is 1.00. The van der Waals surface area contributed by atoms with Crippen molar-refractivity contribution in [2.75, 3.05) is 24.7 Å². The molecule has 0 amide bonds. The summed E-state index contributed by atoms with van der Waals surface area (Å²) >= 11 is 5.49.